The Morgan fingerprint density at radius 1 is 1.24 bits per heavy atom. The molecule has 0 atom stereocenters. The van der Waals surface area contributed by atoms with Crippen LogP contribution in [0.3, 0.4) is 0 Å². The second-order valence-electron chi connectivity index (χ2n) is 5.78. The average molecular weight is 286 g/mol. The fraction of sp³-hybridized carbons (Fsp3) is 0.267. The third kappa shape index (κ3) is 2.29. The molecule has 21 heavy (non-hydrogen) atoms. The highest BCUT2D eigenvalue weighted by Gasteiger charge is 2.38. The second kappa shape index (κ2) is 4.44. The van der Waals surface area contributed by atoms with Crippen LogP contribution in [0.4, 0.5) is 22.9 Å². The first-order valence-corrected chi connectivity index (χ1v) is 6.71. The first kappa shape index (κ1) is 13.4. The molecule has 0 saturated carbocycles. The number of hydrogen-bond acceptors (Lipinski definition) is 5. The van der Waals surface area contributed by atoms with Crippen LogP contribution in [-0.2, 0) is 0 Å². The summed E-state index contributed by atoms with van der Waals surface area (Å²) in [6.07, 6.45) is 1.47. The normalized spacial score (nSPS) is 16.2. The predicted octanol–water partition coefficient (Wildman–Crippen LogP) is 1.79. The molecule has 6 heteroatoms. The number of nitrogen functional groups attached to an aromatic ring is 2. The highest BCUT2D eigenvalue weighted by molar-refractivity contribution is 5.79. The SMILES string of the molecule is CC1(C)CN(c2cccc[n+]2[O-])c2cc(N)c(N)cc2O1. The topological polar surface area (TPSA) is 91.5 Å². The van der Waals surface area contributed by atoms with Crippen molar-refractivity contribution in [3.63, 3.8) is 0 Å². The van der Waals surface area contributed by atoms with E-state index in [1.165, 1.54) is 6.20 Å². The molecule has 1 aromatic heterocycles. The lowest BCUT2D eigenvalue weighted by Crippen LogP contribution is -2.48. The Bertz CT molecular complexity index is 700. The van der Waals surface area contributed by atoms with Crippen molar-refractivity contribution >= 4 is 22.9 Å². The highest BCUT2D eigenvalue weighted by atomic mass is 16.5. The zero-order valence-corrected chi connectivity index (χ0v) is 12.0. The fourth-order valence-electron chi connectivity index (χ4n) is 2.52. The number of aromatic nitrogens is 1. The molecular formula is C15H18N4O2. The summed E-state index contributed by atoms with van der Waals surface area (Å²) in [4.78, 5) is 1.90. The molecule has 0 amide bonds. The van der Waals surface area contributed by atoms with E-state index in [0.717, 1.165) is 10.4 Å². The fourth-order valence-corrected chi connectivity index (χ4v) is 2.52. The molecule has 0 saturated heterocycles. The van der Waals surface area contributed by atoms with Gasteiger partial charge in [-0.1, -0.05) is 6.07 Å². The summed E-state index contributed by atoms with van der Waals surface area (Å²) >= 11 is 0. The van der Waals surface area contributed by atoms with Crippen LogP contribution in [0, 0.1) is 5.21 Å². The van der Waals surface area contributed by atoms with E-state index in [1.807, 2.05) is 24.8 Å². The van der Waals surface area contributed by atoms with Gasteiger partial charge in [-0.05, 0) is 19.9 Å². The maximum atomic E-state index is 12.1. The smallest absolute Gasteiger partial charge is 0.285 e. The largest absolute Gasteiger partial charge is 0.711 e. The molecule has 1 aromatic carbocycles. The van der Waals surface area contributed by atoms with Gasteiger partial charge in [-0.15, -0.1) is 0 Å². The molecule has 110 valence electrons. The van der Waals surface area contributed by atoms with Crippen LogP contribution in [0.5, 0.6) is 5.75 Å². The molecule has 0 spiro atoms. The Morgan fingerprint density at radius 3 is 2.67 bits per heavy atom. The quantitative estimate of drug-likeness (QED) is 0.474. The van der Waals surface area contributed by atoms with Crippen molar-refractivity contribution in [2.75, 3.05) is 22.9 Å². The van der Waals surface area contributed by atoms with Gasteiger partial charge in [0.1, 0.15) is 12.1 Å². The lowest BCUT2D eigenvalue weighted by molar-refractivity contribution is -0.592. The minimum Gasteiger partial charge on any atom is -0.711 e. The van der Waals surface area contributed by atoms with Crippen LogP contribution >= 0.6 is 0 Å². The minimum atomic E-state index is -0.446. The molecule has 0 unspecified atom stereocenters. The summed E-state index contributed by atoms with van der Waals surface area (Å²) in [7, 11) is 0. The Kier molecular flexibility index (Phi) is 2.83. The summed E-state index contributed by atoms with van der Waals surface area (Å²) in [5, 5.41) is 12.1. The predicted molar refractivity (Wildman–Crippen MR) is 82.4 cm³/mol. The standard InChI is InChI=1S/C15H18N4O2/c1-15(2)9-18(14-5-3-4-6-19(14)20)12-7-10(16)11(17)8-13(12)21-15/h3-8H,9,16-17H2,1-2H3. The molecule has 6 nitrogen and oxygen atoms in total. The van der Waals surface area contributed by atoms with Gasteiger partial charge in [-0.3, -0.25) is 0 Å². The third-order valence-corrected chi connectivity index (χ3v) is 3.46. The first-order chi connectivity index (χ1) is 9.87. The summed E-state index contributed by atoms with van der Waals surface area (Å²) < 4.78 is 6.79. The van der Waals surface area contributed by atoms with E-state index >= 15 is 0 Å². The van der Waals surface area contributed by atoms with Crippen molar-refractivity contribution in [2.24, 2.45) is 0 Å². The summed E-state index contributed by atoms with van der Waals surface area (Å²) in [5.74, 6) is 1.15. The highest BCUT2D eigenvalue weighted by Crippen LogP contribution is 2.43. The van der Waals surface area contributed by atoms with Crippen molar-refractivity contribution in [3.8, 4) is 5.75 Å². The maximum Gasteiger partial charge on any atom is 0.285 e. The van der Waals surface area contributed by atoms with Crippen molar-refractivity contribution in [3.05, 3.63) is 41.7 Å². The molecular weight excluding hydrogens is 268 g/mol. The molecule has 2 aromatic rings. The van der Waals surface area contributed by atoms with Crippen molar-refractivity contribution in [2.45, 2.75) is 19.4 Å². The lowest BCUT2D eigenvalue weighted by Gasteiger charge is -2.36. The number of benzene rings is 1. The van der Waals surface area contributed by atoms with Gasteiger partial charge < -0.3 is 21.4 Å². The second-order valence-corrected chi connectivity index (χ2v) is 5.78. The molecule has 0 radical (unpaired) electrons. The monoisotopic (exact) mass is 286 g/mol. The number of hydrogen-bond donors (Lipinski definition) is 2. The van der Waals surface area contributed by atoms with Crippen LogP contribution in [-0.4, -0.2) is 12.1 Å². The molecule has 1 aliphatic rings. The minimum absolute atomic E-state index is 0.446. The van der Waals surface area contributed by atoms with E-state index in [1.54, 1.807) is 24.3 Å². The number of pyridine rings is 1. The molecule has 0 fully saturated rings. The van der Waals surface area contributed by atoms with Gasteiger partial charge in [0, 0.05) is 18.2 Å². The van der Waals surface area contributed by atoms with E-state index < -0.39 is 5.60 Å². The Hall–Kier alpha value is -2.63. The van der Waals surface area contributed by atoms with Gasteiger partial charge >= 0.3 is 0 Å². The van der Waals surface area contributed by atoms with Crippen LogP contribution in [0.1, 0.15) is 13.8 Å². The van der Waals surface area contributed by atoms with E-state index in [2.05, 4.69) is 0 Å². The Morgan fingerprint density at radius 2 is 1.95 bits per heavy atom. The number of ether oxygens (including phenoxy) is 1. The molecule has 4 N–H and O–H groups in total. The van der Waals surface area contributed by atoms with Crippen molar-refractivity contribution in [1.29, 1.82) is 0 Å². The number of nitrogens with two attached hydrogens (primary N) is 2. The summed E-state index contributed by atoms with van der Waals surface area (Å²) in [6, 6.07) is 8.74. The molecule has 1 aliphatic heterocycles. The first-order valence-electron chi connectivity index (χ1n) is 6.71. The van der Waals surface area contributed by atoms with Gasteiger partial charge in [0.25, 0.3) is 5.82 Å². The maximum absolute atomic E-state index is 12.1. The summed E-state index contributed by atoms with van der Waals surface area (Å²) in [5.41, 5.74) is 13.0. The third-order valence-electron chi connectivity index (χ3n) is 3.46. The Labute approximate surface area is 123 Å². The van der Waals surface area contributed by atoms with Crippen LogP contribution in [0.25, 0.3) is 0 Å². The van der Waals surface area contributed by atoms with E-state index in [4.69, 9.17) is 16.2 Å². The van der Waals surface area contributed by atoms with Crippen molar-refractivity contribution < 1.29 is 9.47 Å². The zero-order chi connectivity index (χ0) is 15.2. The zero-order valence-electron chi connectivity index (χ0n) is 12.0. The lowest BCUT2D eigenvalue weighted by atomic mass is 10.0. The van der Waals surface area contributed by atoms with Crippen LogP contribution in [0.15, 0.2) is 36.5 Å². The molecule has 0 aliphatic carbocycles. The van der Waals surface area contributed by atoms with Gasteiger partial charge in [-0.25, -0.2) is 9.63 Å². The number of rotatable bonds is 1. The number of anilines is 4. The van der Waals surface area contributed by atoms with E-state index in [-0.39, 0.29) is 0 Å². The van der Waals surface area contributed by atoms with E-state index in [9.17, 15) is 5.21 Å². The number of fused-ring (bicyclic) bond motifs is 1. The average Bonchev–Trinajstić information content (AvgIpc) is 2.40. The Balaban J connectivity index is 2.19. The van der Waals surface area contributed by atoms with E-state index in [0.29, 0.717) is 29.5 Å². The van der Waals surface area contributed by atoms with Gasteiger partial charge in [0.2, 0.25) is 0 Å². The molecule has 0 bridgehead atoms. The van der Waals surface area contributed by atoms with Gasteiger partial charge in [0.05, 0.1) is 17.6 Å². The van der Waals surface area contributed by atoms with Gasteiger partial charge in [-0.2, -0.15) is 0 Å². The summed E-state index contributed by atoms with van der Waals surface area (Å²) in [6.45, 7) is 4.47. The number of nitrogens with zero attached hydrogens (tertiary/aromatic N) is 2. The van der Waals surface area contributed by atoms with Crippen LogP contribution in [0.2, 0.25) is 0 Å². The van der Waals surface area contributed by atoms with Crippen LogP contribution < -0.4 is 25.8 Å². The van der Waals surface area contributed by atoms with Crippen molar-refractivity contribution in [1.82, 2.24) is 0 Å². The molecule has 2 heterocycles. The van der Waals surface area contributed by atoms with Gasteiger partial charge in [0.15, 0.2) is 11.4 Å². The molecule has 3 rings (SSSR count).